The molecule has 0 aromatic carbocycles. The molecule has 18 heavy (non-hydrogen) atoms. The smallest absolute Gasteiger partial charge is 0.408 e. The average molecular weight is 257 g/mol. The maximum absolute atomic E-state index is 11.5. The number of nitrogens with one attached hydrogen (secondary N) is 2. The Bertz CT molecular complexity index is 356. The predicted molar refractivity (Wildman–Crippen MR) is 63.6 cm³/mol. The minimum atomic E-state index is -1.48. The van der Waals surface area contributed by atoms with Gasteiger partial charge in [0.25, 0.3) is 0 Å². The molecule has 0 heterocycles. The van der Waals surface area contributed by atoms with Gasteiger partial charge in [0, 0.05) is 6.54 Å². The van der Waals surface area contributed by atoms with E-state index in [-0.39, 0.29) is 13.0 Å². The number of carbonyl (C=O) groups is 2. The fourth-order valence-corrected chi connectivity index (χ4v) is 1.12. The number of alkyl carbamates (subject to hydrolysis) is 1. The quantitative estimate of drug-likeness (QED) is 0.382. The first-order chi connectivity index (χ1) is 8.10. The highest BCUT2D eigenvalue weighted by Crippen LogP contribution is 2.12. The summed E-state index contributed by atoms with van der Waals surface area (Å²) >= 11 is 0. The number of carboxylic acids is 1. The molecular weight excluding hydrogens is 238 g/mol. The summed E-state index contributed by atoms with van der Waals surface area (Å²) in [7, 11) is 0. The molecule has 1 atom stereocenters. The lowest BCUT2D eigenvalue weighted by molar-refractivity contribution is -0.144. The van der Waals surface area contributed by atoms with Gasteiger partial charge in [-0.25, -0.2) is 9.59 Å². The maximum atomic E-state index is 11.5. The van der Waals surface area contributed by atoms with Crippen molar-refractivity contribution in [2.24, 2.45) is 0 Å². The summed E-state index contributed by atoms with van der Waals surface area (Å²) in [6.07, 6.45) is 0.947. The molecule has 102 valence electrons. The topological polar surface area (TPSA) is 111 Å². The largest absolute Gasteiger partial charge is 0.480 e. The van der Waals surface area contributed by atoms with Gasteiger partial charge in [0.1, 0.15) is 11.1 Å². The van der Waals surface area contributed by atoms with Crippen molar-refractivity contribution in [2.75, 3.05) is 6.54 Å². The number of amides is 1. The number of hydrogen-bond acceptors (Lipinski definition) is 5. The van der Waals surface area contributed by atoms with E-state index in [0.29, 0.717) is 0 Å². The molecule has 1 amide bonds. The van der Waals surface area contributed by atoms with Gasteiger partial charge in [0.05, 0.1) is 0 Å². The van der Waals surface area contributed by atoms with E-state index in [1.165, 1.54) is 6.92 Å². The Hall–Kier alpha value is -1.97. The highest BCUT2D eigenvalue weighted by atomic mass is 16.6. The van der Waals surface area contributed by atoms with Crippen LogP contribution in [0.25, 0.3) is 0 Å². The Kier molecular flexibility index (Phi) is 5.43. The number of rotatable bonds is 5. The minimum absolute atomic E-state index is 0.0646. The van der Waals surface area contributed by atoms with Gasteiger partial charge in [-0.2, -0.15) is 5.26 Å². The van der Waals surface area contributed by atoms with Crippen LogP contribution in [0.5, 0.6) is 0 Å². The molecule has 0 aromatic heterocycles. The Balaban J connectivity index is 4.57. The molecule has 0 bridgehead atoms. The van der Waals surface area contributed by atoms with Crippen LogP contribution in [0.15, 0.2) is 0 Å². The zero-order valence-electron chi connectivity index (χ0n) is 11.0. The molecule has 0 radical (unpaired) electrons. The second-order valence-electron chi connectivity index (χ2n) is 5.05. The number of carboxylic acid groups (broad SMARTS) is 1. The van der Waals surface area contributed by atoms with Crippen molar-refractivity contribution in [3.05, 3.63) is 0 Å². The highest BCUT2D eigenvalue weighted by Gasteiger charge is 2.35. The van der Waals surface area contributed by atoms with E-state index in [2.05, 4.69) is 10.6 Å². The molecule has 0 rings (SSSR count). The molecule has 0 spiro atoms. The normalized spacial score (nSPS) is 13.9. The molecule has 7 heteroatoms. The van der Waals surface area contributed by atoms with Crippen LogP contribution in [0.4, 0.5) is 4.79 Å². The maximum Gasteiger partial charge on any atom is 0.408 e. The summed E-state index contributed by atoms with van der Waals surface area (Å²) in [5.41, 5.74) is -2.18. The lowest BCUT2D eigenvalue weighted by Crippen LogP contribution is -2.54. The van der Waals surface area contributed by atoms with Crippen LogP contribution in [0, 0.1) is 11.5 Å². The summed E-state index contributed by atoms with van der Waals surface area (Å²) < 4.78 is 4.99. The van der Waals surface area contributed by atoms with E-state index < -0.39 is 23.2 Å². The highest BCUT2D eigenvalue weighted by molar-refractivity contribution is 5.84. The lowest BCUT2D eigenvalue weighted by Gasteiger charge is -2.28. The Morgan fingerprint density at radius 1 is 1.33 bits per heavy atom. The van der Waals surface area contributed by atoms with E-state index in [1.807, 2.05) is 0 Å². The van der Waals surface area contributed by atoms with Crippen LogP contribution in [-0.4, -0.2) is 34.9 Å². The van der Waals surface area contributed by atoms with Crippen molar-refractivity contribution < 1.29 is 19.4 Å². The van der Waals surface area contributed by atoms with E-state index in [9.17, 15) is 9.59 Å². The molecule has 0 aliphatic rings. The van der Waals surface area contributed by atoms with Crippen LogP contribution < -0.4 is 10.6 Å². The Labute approximate surface area is 106 Å². The number of nitrogens with zero attached hydrogens (tertiary/aromatic N) is 1. The first-order valence-corrected chi connectivity index (χ1v) is 5.47. The zero-order chi connectivity index (χ0) is 14.4. The fourth-order valence-electron chi connectivity index (χ4n) is 1.12. The summed E-state index contributed by atoms with van der Waals surface area (Å²) in [4.78, 5) is 22.7. The number of aliphatic carboxylic acids is 1. The van der Waals surface area contributed by atoms with Crippen LogP contribution >= 0.6 is 0 Å². The molecule has 3 N–H and O–H groups in total. The first-order valence-electron chi connectivity index (χ1n) is 5.47. The molecule has 0 saturated carbocycles. The van der Waals surface area contributed by atoms with Crippen LogP contribution in [0.3, 0.4) is 0 Å². The summed E-state index contributed by atoms with van der Waals surface area (Å²) in [5, 5.41) is 22.0. The fraction of sp³-hybridized carbons (Fsp3) is 0.727. The monoisotopic (exact) mass is 257 g/mol. The van der Waals surface area contributed by atoms with Gasteiger partial charge in [0.2, 0.25) is 0 Å². The molecule has 0 aromatic rings. The Morgan fingerprint density at radius 2 is 1.89 bits per heavy atom. The molecule has 1 unspecified atom stereocenters. The Morgan fingerprint density at radius 3 is 2.28 bits per heavy atom. The van der Waals surface area contributed by atoms with Gasteiger partial charge in [0.15, 0.2) is 6.19 Å². The average Bonchev–Trinajstić information content (AvgIpc) is 2.14. The van der Waals surface area contributed by atoms with E-state index in [4.69, 9.17) is 15.1 Å². The summed E-state index contributed by atoms with van der Waals surface area (Å²) in [5.74, 6) is -1.19. The van der Waals surface area contributed by atoms with Crippen molar-refractivity contribution in [2.45, 2.75) is 45.3 Å². The molecule has 0 fully saturated rings. The van der Waals surface area contributed by atoms with Gasteiger partial charge >= 0.3 is 12.1 Å². The SMILES string of the molecule is CC(C)(C)OC(=O)NC(C)(CCNC#N)C(=O)O. The lowest BCUT2D eigenvalue weighted by atomic mass is 9.98. The minimum Gasteiger partial charge on any atom is -0.480 e. The van der Waals surface area contributed by atoms with Crippen molar-refractivity contribution in [3.63, 3.8) is 0 Å². The van der Waals surface area contributed by atoms with Crippen molar-refractivity contribution in [1.82, 2.24) is 10.6 Å². The number of carbonyl (C=O) groups excluding carboxylic acids is 1. The van der Waals surface area contributed by atoms with Crippen LogP contribution in [0.1, 0.15) is 34.1 Å². The van der Waals surface area contributed by atoms with Gasteiger partial charge in [-0.15, -0.1) is 0 Å². The van der Waals surface area contributed by atoms with Gasteiger partial charge in [-0.1, -0.05) is 0 Å². The van der Waals surface area contributed by atoms with Gasteiger partial charge in [-0.3, -0.25) is 0 Å². The molecule has 0 aliphatic carbocycles. The summed E-state index contributed by atoms with van der Waals surface area (Å²) in [6, 6.07) is 0. The van der Waals surface area contributed by atoms with Crippen LogP contribution in [-0.2, 0) is 9.53 Å². The molecule has 0 saturated heterocycles. The van der Waals surface area contributed by atoms with E-state index >= 15 is 0 Å². The van der Waals surface area contributed by atoms with Gasteiger partial charge in [-0.05, 0) is 34.1 Å². The van der Waals surface area contributed by atoms with Gasteiger partial charge < -0.3 is 20.5 Å². The first kappa shape index (κ1) is 16.0. The van der Waals surface area contributed by atoms with E-state index in [1.54, 1.807) is 27.0 Å². The summed E-state index contributed by atoms with van der Waals surface area (Å²) in [6.45, 7) is 6.55. The zero-order valence-corrected chi connectivity index (χ0v) is 11.0. The molecule has 0 aliphatic heterocycles. The van der Waals surface area contributed by atoms with Crippen molar-refractivity contribution in [3.8, 4) is 6.19 Å². The third-order valence-electron chi connectivity index (χ3n) is 2.08. The standard InChI is InChI=1S/C11H19N3O4/c1-10(2,3)18-9(17)14-11(4,8(15)16)5-6-13-7-12/h13H,5-6H2,1-4H3,(H,14,17)(H,15,16). The number of nitriles is 1. The van der Waals surface area contributed by atoms with Crippen LogP contribution in [0.2, 0.25) is 0 Å². The number of hydrogen-bond donors (Lipinski definition) is 3. The van der Waals surface area contributed by atoms with Crippen molar-refractivity contribution >= 4 is 12.1 Å². The van der Waals surface area contributed by atoms with E-state index in [0.717, 1.165) is 0 Å². The molecule has 7 nitrogen and oxygen atoms in total. The predicted octanol–water partition coefficient (Wildman–Crippen LogP) is 0.815. The second-order valence-corrected chi connectivity index (χ2v) is 5.05. The third-order valence-corrected chi connectivity index (χ3v) is 2.08. The molecular formula is C11H19N3O4. The third kappa shape index (κ3) is 5.94. The number of ether oxygens (including phenoxy) is 1. The second kappa shape index (κ2) is 6.10. The van der Waals surface area contributed by atoms with Crippen molar-refractivity contribution in [1.29, 1.82) is 5.26 Å².